The standard InChI is InChI=1S/C7H13O2/c1-3-4-5-6-7(8)9-2/h6H,3-5H2,1-2H3. The van der Waals surface area contributed by atoms with Gasteiger partial charge in [-0.15, -0.1) is 0 Å². The largest absolute Gasteiger partial charge is 0.469 e. The van der Waals surface area contributed by atoms with Gasteiger partial charge in [-0.05, 0) is 6.42 Å². The molecule has 0 saturated heterocycles. The van der Waals surface area contributed by atoms with Gasteiger partial charge in [0.05, 0.1) is 13.5 Å². The van der Waals surface area contributed by atoms with Crippen molar-refractivity contribution in [1.82, 2.24) is 0 Å². The van der Waals surface area contributed by atoms with Crippen molar-refractivity contribution in [3.63, 3.8) is 0 Å². The van der Waals surface area contributed by atoms with E-state index < -0.39 is 0 Å². The Hall–Kier alpha value is -0.530. The highest BCUT2D eigenvalue weighted by Crippen LogP contribution is 1.97. The predicted octanol–water partition coefficient (Wildman–Crippen LogP) is 1.55. The molecule has 0 atom stereocenters. The van der Waals surface area contributed by atoms with Crippen LogP contribution in [0.15, 0.2) is 0 Å². The molecular weight excluding hydrogens is 116 g/mol. The van der Waals surface area contributed by atoms with E-state index in [1.54, 1.807) is 6.42 Å². The molecule has 0 aromatic carbocycles. The van der Waals surface area contributed by atoms with Gasteiger partial charge in [0.1, 0.15) is 0 Å². The summed E-state index contributed by atoms with van der Waals surface area (Å²) in [5.74, 6) is -0.219. The first kappa shape index (κ1) is 8.47. The molecule has 0 unspecified atom stereocenters. The van der Waals surface area contributed by atoms with Gasteiger partial charge in [0.15, 0.2) is 0 Å². The molecule has 2 heteroatoms. The Kier molecular flexibility index (Phi) is 5.27. The lowest BCUT2D eigenvalue weighted by atomic mass is 10.2. The highest BCUT2D eigenvalue weighted by atomic mass is 16.5. The number of hydrogen-bond acceptors (Lipinski definition) is 2. The van der Waals surface area contributed by atoms with Crippen molar-refractivity contribution in [2.75, 3.05) is 7.11 Å². The van der Waals surface area contributed by atoms with Gasteiger partial charge in [-0.1, -0.05) is 19.8 Å². The van der Waals surface area contributed by atoms with Crippen molar-refractivity contribution < 1.29 is 9.53 Å². The van der Waals surface area contributed by atoms with Gasteiger partial charge in [-0.3, -0.25) is 4.79 Å². The molecule has 0 spiro atoms. The van der Waals surface area contributed by atoms with E-state index in [1.807, 2.05) is 0 Å². The van der Waals surface area contributed by atoms with Gasteiger partial charge in [0.2, 0.25) is 0 Å². The number of unbranched alkanes of at least 4 members (excludes halogenated alkanes) is 2. The molecule has 0 aliphatic heterocycles. The summed E-state index contributed by atoms with van der Waals surface area (Å²) >= 11 is 0. The molecule has 0 saturated carbocycles. The molecule has 53 valence electrons. The second kappa shape index (κ2) is 5.60. The zero-order valence-corrected chi connectivity index (χ0v) is 6.02. The summed E-state index contributed by atoms with van der Waals surface area (Å²) in [5, 5.41) is 0. The van der Waals surface area contributed by atoms with Gasteiger partial charge >= 0.3 is 5.97 Å². The van der Waals surface area contributed by atoms with E-state index in [9.17, 15) is 4.79 Å². The minimum atomic E-state index is -0.219. The third kappa shape index (κ3) is 5.34. The summed E-state index contributed by atoms with van der Waals surface area (Å²) in [4.78, 5) is 10.4. The second-order valence-corrected chi connectivity index (χ2v) is 1.87. The Morgan fingerprint density at radius 2 is 2.33 bits per heavy atom. The molecule has 0 aromatic heterocycles. The fourth-order valence-corrected chi connectivity index (χ4v) is 0.507. The van der Waals surface area contributed by atoms with Crippen molar-refractivity contribution in [3.05, 3.63) is 6.42 Å². The first-order valence-electron chi connectivity index (χ1n) is 3.22. The molecule has 1 radical (unpaired) electrons. The van der Waals surface area contributed by atoms with Crippen molar-refractivity contribution in [2.24, 2.45) is 0 Å². The van der Waals surface area contributed by atoms with E-state index in [4.69, 9.17) is 0 Å². The van der Waals surface area contributed by atoms with Crippen molar-refractivity contribution in [3.8, 4) is 0 Å². The molecule has 0 fully saturated rings. The Bertz CT molecular complexity index is 79.0. The Morgan fingerprint density at radius 3 is 2.78 bits per heavy atom. The number of ether oxygens (including phenoxy) is 1. The number of methoxy groups -OCH3 is 1. The highest BCUT2D eigenvalue weighted by Gasteiger charge is 1.97. The Labute approximate surface area is 56.2 Å². The van der Waals surface area contributed by atoms with Gasteiger partial charge < -0.3 is 4.74 Å². The van der Waals surface area contributed by atoms with Crippen LogP contribution in [0.1, 0.15) is 26.2 Å². The molecular formula is C7H13O2. The lowest BCUT2D eigenvalue weighted by Crippen LogP contribution is -1.99. The van der Waals surface area contributed by atoms with Gasteiger partial charge in [0.25, 0.3) is 0 Å². The van der Waals surface area contributed by atoms with E-state index in [-0.39, 0.29) is 5.97 Å². The maximum atomic E-state index is 10.4. The smallest absolute Gasteiger partial charge is 0.309 e. The topological polar surface area (TPSA) is 26.3 Å². The van der Waals surface area contributed by atoms with E-state index in [1.165, 1.54) is 7.11 Å². The Morgan fingerprint density at radius 1 is 1.67 bits per heavy atom. The van der Waals surface area contributed by atoms with Crippen LogP contribution in [0.25, 0.3) is 0 Å². The van der Waals surface area contributed by atoms with Crippen molar-refractivity contribution in [2.45, 2.75) is 26.2 Å². The molecule has 0 aliphatic carbocycles. The first-order chi connectivity index (χ1) is 4.31. The van der Waals surface area contributed by atoms with Crippen LogP contribution in [0, 0.1) is 6.42 Å². The zero-order valence-electron chi connectivity index (χ0n) is 6.02. The number of carbonyl (C=O) groups is 1. The molecule has 0 N–H and O–H groups in total. The minimum absolute atomic E-state index is 0.219. The fourth-order valence-electron chi connectivity index (χ4n) is 0.507. The van der Waals surface area contributed by atoms with Crippen molar-refractivity contribution in [1.29, 1.82) is 0 Å². The van der Waals surface area contributed by atoms with E-state index in [0.29, 0.717) is 0 Å². The zero-order chi connectivity index (χ0) is 7.11. The van der Waals surface area contributed by atoms with Crippen LogP contribution in [-0.2, 0) is 9.53 Å². The monoisotopic (exact) mass is 129 g/mol. The SMILES string of the molecule is CCCC[CH]C(=O)OC. The average Bonchev–Trinajstić information content (AvgIpc) is 1.89. The third-order valence-electron chi connectivity index (χ3n) is 1.07. The van der Waals surface area contributed by atoms with Crippen LogP contribution >= 0.6 is 0 Å². The molecule has 0 rings (SSSR count). The molecule has 0 aromatic rings. The van der Waals surface area contributed by atoms with Gasteiger partial charge in [0, 0.05) is 0 Å². The van der Waals surface area contributed by atoms with Crippen LogP contribution in [0.4, 0.5) is 0 Å². The van der Waals surface area contributed by atoms with Crippen LogP contribution in [0.2, 0.25) is 0 Å². The quantitative estimate of drug-likeness (QED) is 0.425. The lowest BCUT2D eigenvalue weighted by Gasteiger charge is -1.95. The number of carbonyl (C=O) groups excluding carboxylic acids is 1. The maximum absolute atomic E-state index is 10.4. The molecule has 0 aliphatic rings. The minimum Gasteiger partial charge on any atom is -0.469 e. The van der Waals surface area contributed by atoms with E-state index in [0.717, 1.165) is 19.3 Å². The van der Waals surface area contributed by atoms with E-state index in [2.05, 4.69) is 11.7 Å². The summed E-state index contributed by atoms with van der Waals surface area (Å²) in [6.45, 7) is 2.09. The molecule has 0 amide bonds. The molecule has 2 nitrogen and oxygen atoms in total. The van der Waals surface area contributed by atoms with Crippen molar-refractivity contribution >= 4 is 5.97 Å². The van der Waals surface area contributed by atoms with Crippen LogP contribution in [0.5, 0.6) is 0 Å². The summed E-state index contributed by atoms with van der Waals surface area (Å²) < 4.78 is 4.40. The molecule has 0 bridgehead atoms. The van der Waals surface area contributed by atoms with Crippen LogP contribution in [0.3, 0.4) is 0 Å². The summed E-state index contributed by atoms with van der Waals surface area (Å²) in [6, 6.07) is 0. The summed E-state index contributed by atoms with van der Waals surface area (Å²) in [6.07, 6.45) is 4.59. The second-order valence-electron chi connectivity index (χ2n) is 1.87. The summed E-state index contributed by atoms with van der Waals surface area (Å²) in [7, 11) is 1.39. The predicted molar refractivity (Wildman–Crippen MR) is 35.8 cm³/mol. The van der Waals surface area contributed by atoms with Gasteiger partial charge in [-0.2, -0.15) is 0 Å². The first-order valence-corrected chi connectivity index (χ1v) is 3.22. The van der Waals surface area contributed by atoms with Crippen LogP contribution in [-0.4, -0.2) is 13.1 Å². The van der Waals surface area contributed by atoms with E-state index >= 15 is 0 Å². The molecule has 9 heavy (non-hydrogen) atoms. The fraction of sp³-hybridized carbons (Fsp3) is 0.714. The third-order valence-corrected chi connectivity index (χ3v) is 1.07. The molecule has 0 heterocycles. The average molecular weight is 129 g/mol. The maximum Gasteiger partial charge on any atom is 0.309 e. The number of esters is 1. The Balaban J connectivity index is 2.97. The number of hydrogen-bond donors (Lipinski definition) is 0. The highest BCUT2D eigenvalue weighted by molar-refractivity contribution is 5.78. The summed E-state index contributed by atoms with van der Waals surface area (Å²) in [5.41, 5.74) is 0. The van der Waals surface area contributed by atoms with Crippen LogP contribution < -0.4 is 0 Å². The lowest BCUT2D eigenvalue weighted by molar-refractivity contribution is -0.136. The normalized spacial score (nSPS) is 9.11. The van der Waals surface area contributed by atoms with Gasteiger partial charge in [-0.25, -0.2) is 0 Å². The number of rotatable bonds is 4.